The monoisotopic (exact) mass is 372 g/mol. The molecule has 0 bridgehead atoms. The summed E-state index contributed by atoms with van der Waals surface area (Å²) in [6.07, 6.45) is 4.85. The molecule has 0 fully saturated rings. The van der Waals surface area contributed by atoms with Crippen LogP contribution in [-0.2, 0) is 0 Å². The summed E-state index contributed by atoms with van der Waals surface area (Å²) < 4.78 is 1.14. The van der Waals surface area contributed by atoms with E-state index < -0.39 is 0 Å². The van der Waals surface area contributed by atoms with E-state index in [-0.39, 0.29) is 6.61 Å². The normalized spacial score (nSPS) is 13.3. The van der Waals surface area contributed by atoms with Crippen LogP contribution in [0.25, 0.3) is 0 Å². The minimum atomic E-state index is 0.241. The summed E-state index contributed by atoms with van der Waals surface area (Å²) in [6, 6.07) is 0. The maximum Gasteiger partial charge on any atom is 0.191 e. The molecule has 1 aromatic rings. The smallest absolute Gasteiger partial charge is 0.191 e. The Morgan fingerprint density at radius 2 is 2.25 bits per heavy atom. The van der Waals surface area contributed by atoms with E-state index >= 15 is 0 Å². The van der Waals surface area contributed by atoms with E-state index in [0.717, 1.165) is 54.9 Å². The van der Waals surface area contributed by atoms with Crippen molar-refractivity contribution < 1.29 is 5.11 Å². The van der Waals surface area contributed by atoms with Crippen LogP contribution >= 0.6 is 23.1 Å². The number of aliphatic hydroxyl groups excluding tert-OH is 1. The number of hydrogen-bond acceptors (Lipinski definition) is 5. The lowest BCUT2D eigenvalue weighted by atomic mass is 9.94. The van der Waals surface area contributed by atoms with Gasteiger partial charge < -0.3 is 15.7 Å². The van der Waals surface area contributed by atoms with E-state index in [2.05, 4.69) is 36.4 Å². The van der Waals surface area contributed by atoms with E-state index in [1.54, 1.807) is 23.1 Å². The highest BCUT2D eigenvalue weighted by molar-refractivity contribution is 8.00. The third-order valence-electron chi connectivity index (χ3n) is 3.44. The van der Waals surface area contributed by atoms with Gasteiger partial charge in [0.2, 0.25) is 0 Å². The molecule has 24 heavy (non-hydrogen) atoms. The highest BCUT2D eigenvalue weighted by Crippen LogP contribution is 2.20. The van der Waals surface area contributed by atoms with Gasteiger partial charge in [-0.1, -0.05) is 25.6 Å². The molecule has 1 rings (SSSR count). The molecule has 1 unspecified atom stereocenters. The minimum Gasteiger partial charge on any atom is -0.396 e. The van der Waals surface area contributed by atoms with E-state index in [1.807, 2.05) is 11.6 Å². The Hall–Kier alpha value is -0.790. The first-order valence-electron chi connectivity index (χ1n) is 8.81. The Kier molecular flexibility index (Phi) is 12.0. The molecule has 0 aliphatic carbocycles. The summed E-state index contributed by atoms with van der Waals surface area (Å²) in [5.41, 5.74) is 0. The maximum atomic E-state index is 9.21. The quantitative estimate of drug-likeness (QED) is 0.227. The second kappa shape index (κ2) is 13.5. The topological polar surface area (TPSA) is 69.5 Å². The molecule has 0 radical (unpaired) electrons. The number of thiazole rings is 1. The van der Waals surface area contributed by atoms with Gasteiger partial charge in [0.25, 0.3) is 0 Å². The standard InChI is InChI=1S/C17H32N4OS2/c1-4-18-16(21-13-15(6-9-22)12-14(2)3)19-7-5-10-23-17-20-8-11-24-17/h8,11,14-15,22H,4-7,9-10,12-13H2,1-3H3,(H2,18,19,21). The van der Waals surface area contributed by atoms with Gasteiger partial charge in [-0.3, -0.25) is 4.99 Å². The largest absolute Gasteiger partial charge is 0.396 e. The molecule has 0 aliphatic heterocycles. The van der Waals surface area contributed by atoms with Gasteiger partial charge in [-0.05, 0) is 38.0 Å². The van der Waals surface area contributed by atoms with Crippen molar-refractivity contribution in [3.8, 4) is 0 Å². The Labute approximate surface area is 154 Å². The molecule has 0 saturated carbocycles. The number of aliphatic imine (C=N–C) groups is 1. The van der Waals surface area contributed by atoms with Crippen molar-refractivity contribution in [2.45, 2.75) is 44.4 Å². The molecule has 138 valence electrons. The highest BCUT2D eigenvalue weighted by atomic mass is 32.2. The molecule has 1 aromatic heterocycles. The maximum absolute atomic E-state index is 9.21. The lowest BCUT2D eigenvalue weighted by Gasteiger charge is -2.17. The first-order valence-corrected chi connectivity index (χ1v) is 10.7. The Bertz CT molecular complexity index is 438. The van der Waals surface area contributed by atoms with Gasteiger partial charge in [0.05, 0.1) is 0 Å². The second-order valence-electron chi connectivity index (χ2n) is 6.15. The van der Waals surface area contributed by atoms with Crippen molar-refractivity contribution >= 4 is 29.1 Å². The number of rotatable bonds is 12. The van der Waals surface area contributed by atoms with Crippen LogP contribution in [0.2, 0.25) is 0 Å². The van der Waals surface area contributed by atoms with Crippen LogP contribution in [0.1, 0.15) is 40.0 Å². The number of hydrogen-bond donors (Lipinski definition) is 3. The first kappa shape index (κ1) is 21.3. The zero-order chi connectivity index (χ0) is 17.6. The predicted molar refractivity (Wildman–Crippen MR) is 106 cm³/mol. The van der Waals surface area contributed by atoms with Crippen LogP contribution in [0.4, 0.5) is 0 Å². The molecule has 3 N–H and O–H groups in total. The summed E-state index contributed by atoms with van der Waals surface area (Å²) in [6.45, 7) is 9.28. The van der Waals surface area contributed by atoms with Gasteiger partial charge in [-0.2, -0.15) is 0 Å². The van der Waals surface area contributed by atoms with Crippen LogP contribution in [0, 0.1) is 11.8 Å². The molecule has 0 aromatic carbocycles. The van der Waals surface area contributed by atoms with Crippen molar-refractivity contribution in [2.24, 2.45) is 16.8 Å². The van der Waals surface area contributed by atoms with Crippen molar-refractivity contribution in [2.75, 3.05) is 32.0 Å². The summed E-state index contributed by atoms with van der Waals surface area (Å²) in [5, 5.41) is 17.9. The molecule has 7 heteroatoms. The van der Waals surface area contributed by atoms with Crippen molar-refractivity contribution in [1.82, 2.24) is 15.6 Å². The van der Waals surface area contributed by atoms with Gasteiger partial charge in [0.1, 0.15) is 4.34 Å². The Balaban J connectivity index is 2.31. The third-order valence-corrected chi connectivity index (χ3v) is 5.49. The summed E-state index contributed by atoms with van der Waals surface area (Å²) in [7, 11) is 0. The van der Waals surface area contributed by atoms with Crippen molar-refractivity contribution in [3.63, 3.8) is 0 Å². The Morgan fingerprint density at radius 3 is 2.88 bits per heavy atom. The van der Waals surface area contributed by atoms with Crippen molar-refractivity contribution in [1.29, 1.82) is 0 Å². The number of nitrogens with zero attached hydrogens (tertiary/aromatic N) is 2. The van der Waals surface area contributed by atoms with Gasteiger partial charge in [-0.25, -0.2) is 4.98 Å². The second-order valence-corrected chi connectivity index (χ2v) is 8.39. The number of aliphatic hydroxyl groups is 1. The molecule has 5 nitrogen and oxygen atoms in total. The molecule has 1 atom stereocenters. The Morgan fingerprint density at radius 1 is 1.42 bits per heavy atom. The number of thioether (sulfide) groups is 1. The molecule has 1 heterocycles. The summed E-state index contributed by atoms with van der Waals surface area (Å²) in [4.78, 5) is 8.97. The predicted octanol–water partition coefficient (Wildman–Crippen LogP) is 3.23. The fourth-order valence-corrected chi connectivity index (χ4v) is 4.06. The zero-order valence-corrected chi connectivity index (χ0v) is 16.8. The summed E-state index contributed by atoms with van der Waals surface area (Å²) >= 11 is 3.49. The van der Waals surface area contributed by atoms with Crippen LogP contribution < -0.4 is 10.6 Å². The zero-order valence-electron chi connectivity index (χ0n) is 15.1. The van der Waals surface area contributed by atoms with Gasteiger partial charge in [0, 0.05) is 43.6 Å². The lowest BCUT2D eigenvalue weighted by molar-refractivity contribution is 0.245. The summed E-state index contributed by atoms with van der Waals surface area (Å²) in [5.74, 6) is 3.02. The fourth-order valence-electron chi connectivity index (χ4n) is 2.42. The molecule has 0 amide bonds. The minimum absolute atomic E-state index is 0.241. The van der Waals surface area contributed by atoms with Crippen LogP contribution in [0.5, 0.6) is 0 Å². The van der Waals surface area contributed by atoms with Crippen LogP contribution in [0.3, 0.4) is 0 Å². The average molecular weight is 373 g/mol. The molecular weight excluding hydrogens is 340 g/mol. The number of nitrogens with one attached hydrogen (secondary N) is 2. The van der Waals surface area contributed by atoms with Gasteiger partial charge in [-0.15, -0.1) is 11.3 Å². The molecular formula is C17H32N4OS2. The fraction of sp³-hybridized carbons (Fsp3) is 0.765. The lowest BCUT2D eigenvalue weighted by Crippen LogP contribution is -2.38. The first-order chi connectivity index (χ1) is 11.7. The third kappa shape index (κ3) is 10.2. The van der Waals surface area contributed by atoms with Crippen LogP contribution in [0.15, 0.2) is 20.9 Å². The molecule has 0 spiro atoms. The van der Waals surface area contributed by atoms with E-state index in [9.17, 15) is 5.11 Å². The number of aromatic nitrogens is 1. The van der Waals surface area contributed by atoms with E-state index in [1.165, 1.54) is 0 Å². The molecule has 0 aliphatic rings. The average Bonchev–Trinajstić information content (AvgIpc) is 3.05. The van der Waals surface area contributed by atoms with Gasteiger partial charge in [0.15, 0.2) is 5.96 Å². The SMILES string of the molecule is CCNC(=NCC(CCO)CC(C)C)NCCCSc1nccs1. The van der Waals surface area contributed by atoms with Crippen LogP contribution in [-0.4, -0.2) is 48.0 Å². The van der Waals surface area contributed by atoms with Gasteiger partial charge >= 0.3 is 0 Å². The number of guanidine groups is 1. The van der Waals surface area contributed by atoms with E-state index in [0.29, 0.717) is 11.8 Å². The van der Waals surface area contributed by atoms with E-state index in [4.69, 9.17) is 4.99 Å². The molecule has 0 saturated heterocycles. The van der Waals surface area contributed by atoms with Crippen molar-refractivity contribution in [3.05, 3.63) is 11.6 Å². The highest BCUT2D eigenvalue weighted by Gasteiger charge is 2.10.